The lowest BCUT2D eigenvalue weighted by Gasteiger charge is -2.12. The largest absolute Gasteiger partial charge is 0.449 e. The summed E-state index contributed by atoms with van der Waals surface area (Å²) in [4.78, 5) is 23.0. The summed E-state index contributed by atoms with van der Waals surface area (Å²) in [6.07, 6.45) is 1.82. The molecule has 1 N–H and O–H groups in total. The first-order valence-corrected chi connectivity index (χ1v) is 5.71. The molecular weight excluding hydrogens is 244 g/mol. The van der Waals surface area contributed by atoms with Crippen LogP contribution in [0.15, 0.2) is 36.4 Å². The van der Waals surface area contributed by atoms with Crippen molar-refractivity contribution < 1.29 is 14.3 Å². The first kappa shape index (κ1) is 14.5. The van der Waals surface area contributed by atoms with Crippen LogP contribution in [-0.4, -0.2) is 18.0 Å². The number of amides is 1. The molecule has 0 saturated carbocycles. The van der Waals surface area contributed by atoms with E-state index in [1.54, 1.807) is 31.2 Å². The summed E-state index contributed by atoms with van der Waals surface area (Å²) in [7, 11) is 0. The van der Waals surface area contributed by atoms with E-state index >= 15 is 0 Å². The third kappa shape index (κ3) is 4.28. The molecule has 0 aliphatic carbocycles. The zero-order valence-corrected chi connectivity index (χ0v) is 10.7. The van der Waals surface area contributed by atoms with Crippen LogP contribution < -0.4 is 5.32 Å². The van der Waals surface area contributed by atoms with Gasteiger partial charge in [0.1, 0.15) is 6.07 Å². The number of esters is 1. The molecule has 19 heavy (non-hydrogen) atoms. The Kier molecular flexibility index (Phi) is 5.30. The van der Waals surface area contributed by atoms with Gasteiger partial charge in [-0.2, -0.15) is 5.26 Å². The van der Waals surface area contributed by atoms with Gasteiger partial charge in [0.15, 0.2) is 6.10 Å². The van der Waals surface area contributed by atoms with Crippen molar-refractivity contribution in [3.8, 4) is 6.07 Å². The van der Waals surface area contributed by atoms with Crippen molar-refractivity contribution in [3.05, 3.63) is 42.0 Å². The van der Waals surface area contributed by atoms with Gasteiger partial charge in [-0.25, -0.2) is 4.79 Å². The Labute approximate surface area is 111 Å². The maximum Gasteiger partial charge on any atom is 0.331 e. The van der Waals surface area contributed by atoms with E-state index in [0.717, 1.165) is 0 Å². The number of ether oxygens (including phenoxy) is 1. The average Bonchev–Trinajstić information content (AvgIpc) is 2.39. The van der Waals surface area contributed by atoms with Crippen molar-refractivity contribution in [1.29, 1.82) is 5.26 Å². The molecule has 0 saturated heterocycles. The van der Waals surface area contributed by atoms with Crippen LogP contribution in [0.5, 0.6) is 0 Å². The van der Waals surface area contributed by atoms with Crippen molar-refractivity contribution in [2.75, 3.05) is 5.32 Å². The van der Waals surface area contributed by atoms with Gasteiger partial charge >= 0.3 is 5.97 Å². The molecule has 0 radical (unpaired) electrons. The van der Waals surface area contributed by atoms with E-state index in [-0.39, 0.29) is 0 Å². The van der Waals surface area contributed by atoms with Gasteiger partial charge in [-0.3, -0.25) is 4.79 Å². The number of para-hydroxylation sites is 1. The molecule has 98 valence electrons. The average molecular weight is 258 g/mol. The standard InChI is InChI=1S/C14H14N2O3/c1-3-6-13(17)19-10(2)14(18)16-12-8-5-4-7-11(12)9-15/h3-8,10H,1-2H3,(H,16,18)/b6-3+. The number of carbonyl (C=O) groups excluding carboxylic acids is 2. The summed E-state index contributed by atoms with van der Waals surface area (Å²) in [6, 6.07) is 8.56. The molecule has 1 atom stereocenters. The highest BCUT2D eigenvalue weighted by Gasteiger charge is 2.17. The minimum Gasteiger partial charge on any atom is -0.449 e. The second-order valence-corrected chi connectivity index (χ2v) is 3.73. The fourth-order valence-electron chi connectivity index (χ4n) is 1.33. The first-order valence-electron chi connectivity index (χ1n) is 5.71. The maximum atomic E-state index is 11.8. The van der Waals surface area contributed by atoms with Gasteiger partial charge in [0.25, 0.3) is 5.91 Å². The lowest BCUT2D eigenvalue weighted by Crippen LogP contribution is -2.29. The molecule has 0 fully saturated rings. The summed E-state index contributed by atoms with van der Waals surface area (Å²) >= 11 is 0. The van der Waals surface area contributed by atoms with Crippen LogP contribution in [0.2, 0.25) is 0 Å². The number of nitriles is 1. The Morgan fingerprint density at radius 1 is 1.42 bits per heavy atom. The number of nitrogens with one attached hydrogen (secondary N) is 1. The monoisotopic (exact) mass is 258 g/mol. The highest BCUT2D eigenvalue weighted by Crippen LogP contribution is 2.14. The number of hydrogen-bond donors (Lipinski definition) is 1. The molecule has 0 bridgehead atoms. The fourth-order valence-corrected chi connectivity index (χ4v) is 1.33. The molecular formula is C14H14N2O3. The van der Waals surface area contributed by atoms with Crippen LogP contribution in [0.4, 0.5) is 5.69 Å². The van der Waals surface area contributed by atoms with Crippen LogP contribution in [0.1, 0.15) is 19.4 Å². The molecule has 1 unspecified atom stereocenters. The maximum absolute atomic E-state index is 11.8. The molecule has 0 heterocycles. The molecule has 0 spiro atoms. The molecule has 5 heteroatoms. The van der Waals surface area contributed by atoms with Crippen molar-refractivity contribution in [2.24, 2.45) is 0 Å². The zero-order chi connectivity index (χ0) is 14.3. The van der Waals surface area contributed by atoms with E-state index < -0.39 is 18.0 Å². The number of carbonyl (C=O) groups is 2. The smallest absolute Gasteiger partial charge is 0.331 e. The minimum absolute atomic E-state index is 0.350. The molecule has 0 aliphatic heterocycles. The highest BCUT2D eigenvalue weighted by molar-refractivity contribution is 5.96. The van der Waals surface area contributed by atoms with Crippen LogP contribution in [0, 0.1) is 11.3 Å². The Balaban J connectivity index is 2.69. The Morgan fingerprint density at radius 3 is 2.74 bits per heavy atom. The first-order chi connectivity index (χ1) is 9.08. The van der Waals surface area contributed by atoms with Crippen LogP contribution in [-0.2, 0) is 14.3 Å². The normalized spacial score (nSPS) is 11.6. The Hall–Kier alpha value is -2.61. The molecule has 1 amide bonds. The Bertz CT molecular complexity index is 544. The lowest BCUT2D eigenvalue weighted by atomic mass is 10.2. The molecule has 5 nitrogen and oxygen atoms in total. The predicted molar refractivity (Wildman–Crippen MR) is 70.2 cm³/mol. The zero-order valence-electron chi connectivity index (χ0n) is 10.7. The van der Waals surface area contributed by atoms with Gasteiger partial charge in [0.05, 0.1) is 11.3 Å². The number of rotatable bonds is 4. The third-order valence-electron chi connectivity index (χ3n) is 2.27. The van der Waals surface area contributed by atoms with Crippen LogP contribution in [0.3, 0.4) is 0 Å². The number of anilines is 1. The summed E-state index contributed by atoms with van der Waals surface area (Å²) in [6.45, 7) is 3.14. The second kappa shape index (κ2) is 6.97. The SMILES string of the molecule is C/C=C/C(=O)OC(C)C(=O)Nc1ccccc1C#N. The number of allylic oxidation sites excluding steroid dienone is 1. The Morgan fingerprint density at radius 2 is 2.11 bits per heavy atom. The summed E-state index contributed by atoms with van der Waals surface area (Å²) in [5, 5.41) is 11.4. The van der Waals surface area contributed by atoms with Crippen molar-refractivity contribution in [3.63, 3.8) is 0 Å². The van der Waals surface area contributed by atoms with Crippen molar-refractivity contribution in [1.82, 2.24) is 0 Å². The van der Waals surface area contributed by atoms with Crippen molar-refractivity contribution in [2.45, 2.75) is 20.0 Å². The van der Waals surface area contributed by atoms with Crippen molar-refractivity contribution >= 4 is 17.6 Å². The van der Waals surface area contributed by atoms with Gasteiger partial charge < -0.3 is 10.1 Å². The highest BCUT2D eigenvalue weighted by atomic mass is 16.5. The van der Waals surface area contributed by atoms with E-state index in [9.17, 15) is 9.59 Å². The van der Waals surface area contributed by atoms with Gasteiger partial charge in [-0.1, -0.05) is 18.2 Å². The molecule has 1 rings (SSSR count). The van der Waals surface area contributed by atoms with Gasteiger partial charge in [0, 0.05) is 6.08 Å². The minimum atomic E-state index is -0.935. The number of benzene rings is 1. The van der Waals surface area contributed by atoms with Crippen LogP contribution >= 0.6 is 0 Å². The predicted octanol–water partition coefficient (Wildman–Crippen LogP) is 2.00. The van der Waals surface area contributed by atoms with E-state index in [1.165, 1.54) is 19.1 Å². The number of nitrogens with zero attached hydrogens (tertiary/aromatic N) is 1. The van der Waals surface area contributed by atoms with Gasteiger partial charge in [-0.15, -0.1) is 0 Å². The van der Waals surface area contributed by atoms with E-state index in [2.05, 4.69) is 5.32 Å². The molecule has 1 aromatic carbocycles. The van der Waals surface area contributed by atoms with Crippen LogP contribution in [0.25, 0.3) is 0 Å². The molecule has 0 aromatic heterocycles. The quantitative estimate of drug-likeness (QED) is 0.661. The summed E-state index contributed by atoms with van der Waals surface area (Å²) < 4.78 is 4.88. The van der Waals surface area contributed by atoms with Gasteiger partial charge in [0.2, 0.25) is 0 Å². The third-order valence-corrected chi connectivity index (χ3v) is 2.27. The second-order valence-electron chi connectivity index (χ2n) is 3.73. The summed E-state index contributed by atoms with van der Waals surface area (Å²) in [5.74, 6) is -1.07. The van der Waals surface area contributed by atoms with E-state index in [4.69, 9.17) is 10.00 Å². The molecule has 1 aromatic rings. The van der Waals surface area contributed by atoms with E-state index in [0.29, 0.717) is 11.3 Å². The van der Waals surface area contributed by atoms with Gasteiger partial charge in [-0.05, 0) is 26.0 Å². The topological polar surface area (TPSA) is 79.2 Å². The molecule has 0 aliphatic rings. The van der Waals surface area contributed by atoms with E-state index in [1.807, 2.05) is 6.07 Å². The fraction of sp³-hybridized carbons (Fsp3) is 0.214. The number of hydrogen-bond acceptors (Lipinski definition) is 4. The summed E-state index contributed by atoms with van der Waals surface area (Å²) in [5.41, 5.74) is 0.742. The lowest BCUT2D eigenvalue weighted by molar-refractivity contribution is -0.148.